The van der Waals surface area contributed by atoms with Crippen LogP contribution in [0.1, 0.15) is 22.6 Å². The average Bonchev–Trinajstić information content (AvgIpc) is 3.10. The largest absolute Gasteiger partial charge is 0.473 e. The van der Waals surface area contributed by atoms with Crippen LogP contribution in [0.3, 0.4) is 0 Å². The Morgan fingerprint density at radius 1 is 1.23 bits per heavy atom. The number of hydrogen-bond acceptors (Lipinski definition) is 6. The molecular formula is C15H19N5O2. The van der Waals surface area contributed by atoms with Crippen molar-refractivity contribution in [3.8, 4) is 5.88 Å². The van der Waals surface area contributed by atoms with Crippen molar-refractivity contribution >= 4 is 11.0 Å². The van der Waals surface area contributed by atoms with E-state index in [4.69, 9.17) is 4.74 Å². The summed E-state index contributed by atoms with van der Waals surface area (Å²) in [6, 6.07) is 4.17. The molecule has 0 atom stereocenters. The van der Waals surface area contributed by atoms with Crippen LogP contribution >= 0.6 is 0 Å². The summed E-state index contributed by atoms with van der Waals surface area (Å²) in [6.07, 6.45) is 0. The Kier molecular flexibility index (Phi) is 4.06. The summed E-state index contributed by atoms with van der Waals surface area (Å²) in [6.45, 7) is 7.82. The number of hydrogen-bond donors (Lipinski definition) is 2. The van der Waals surface area contributed by atoms with Crippen LogP contribution in [0.2, 0.25) is 0 Å². The predicted octanol–water partition coefficient (Wildman–Crippen LogP) is 2.04. The highest BCUT2D eigenvalue weighted by Gasteiger charge is 2.07. The first kappa shape index (κ1) is 14.5. The van der Waals surface area contributed by atoms with Crippen LogP contribution in [0.4, 0.5) is 0 Å². The first-order valence-corrected chi connectivity index (χ1v) is 7.22. The number of H-pyrrole nitrogens is 1. The fraction of sp³-hybridized carbons (Fsp3) is 0.400. The second-order valence-corrected chi connectivity index (χ2v) is 5.27. The number of nitrogens with zero attached hydrogens (tertiary/aromatic N) is 3. The normalized spacial score (nSPS) is 11.2. The van der Waals surface area contributed by atoms with Gasteiger partial charge < -0.3 is 15.0 Å². The minimum absolute atomic E-state index is 0.441. The van der Waals surface area contributed by atoms with Crippen LogP contribution in [0.15, 0.2) is 16.8 Å². The molecule has 2 heterocycles. The number of aryl methyl sites for hydroxylation is 3. The molecule has 2 N–H and O–H groups in total. The molecule has 0 amide bonds. The molecule has 0 radical (unpaired) electrons. The van der Waals surface area contributed by atoms with Crippen LogP contribution in [0.25, 0.3) is 11.0 Å². The molecule has 0 fully saturated rings. The first-order valence-electron chi connectivity index (χ1n) is 7.22. The van der Waals surface area contributed by atoms with Gasteiger partial charge in [-0.25, -0.2) is 9.61 Å². The molecule has 0 spiro atoms. The third-order valence-electron chi connectivity index (χ3n) is 3.65. The summed E-state index contributed by atoms with van der Waals surface area (Å²) in [4.78, 5) is 7.96. The molecule has 22 heavy (non-hydrogen) atoms. The quantitative estimate of drug-likeness (QED) is 0.677. The lowest BCUT2D eigenvalue weighted by Crippen LogP contribution is -2.21. The molecule has 0 bridgehead atoms. The van der Waals surface area contributed by atoms with Crippen molar-refractivity contribution in [1.29, 1.82) is 0 Å². The third-order valence-corrected chi connectivity index (χ3v) is 3.65. The van der Waals surface area contributed by atoms with Crippen LogP contribution in [-0.2, 0) is 6.54 Å². The maximum atomic E-state index is 5.45. The van der Waals surface area contributed by atoms with E-state index in [0.29, 0.717) is 31.3 Å². The van der Waals surface area contributed by atoms with Gasteiger partial charge in [-0.05, 0) is 43.1 Å². The van der Waals surface area contributed by atoms with E-state index in [0.717, 1.165) is 16.9 Å². The monoisotopic (exact) mass is 301 g/mol. The minimum Gasteiger partial charge on any atom is -0.473 e. The Morgan fingerprint density at radius 3 is 2.86 bits per heavy atom. The van der Waals surface area contributed by atoms with Crippen molar-refractivity contribution in [3.63, 3.8) is 0 Å². The molecule has 0 aliphatic heterocycles. The highest BCUT2D eigenvalue weighted by Crippen LogP contribution is 2.19. The molecular weight excluding hydrogens is 282 g/mol. The van der Waals surface area contributed by atoms with Gasteiger partial charge in [-0.1, -0.05) is 11.2 Å². The van der Waals surface area contributed by atoms with E-state index < -0.39 is 0 Å². The molecule has 1 aromatic carbocycles. The molecule has 0 aliphatic carbocycles. The maximum absolute atomic E-state index is 5.45. The van der Waals surface area contributed by atoms with Gasteiger partial charge >= 0.3 is 0 Å². The lowest BCUT2D eigenvalue weighted by atomic mass is 10.1. The second kappa shape index (κ2) is 6.15. The minimum atomic E-state index is 0.441. The van der Waals surface area contributed by atoms with Gasteiger partial charge in [0.25, 0.3) is 5.88 Å². The van der Waals surface area contributed by atoms with Crippen molar-refractivity contribution in [2.45, 2.75) is 27.3 Å². The van der Waals surface area contributed by atoms with Gasteiger partial charge in [0.1, 0.15) is 18.1 Å². The number of nitrogens with one attached hydrogen (secondary N) is 2. The lowest BCUT2D eigenvalue weighted by molar-refractivity contribution is 0.254. The van der Waals surface area contributed by atoms with Gasteiger partial charge in [-0.2, -0.15) is 0 Å². The summed E-state index contributed by atoms with van der Waals surface area (Å²) in [5.74, 6) is 1.36. The summed E-state index contributed by atoms with van der Waals surface area (Å²) >= 11 is 0. The topological polar surface area (TPSA) is 88.9 Å². The summed E-state index contributed by atoms with van der Waals surface area (Å²) < 4.78 is 10.0. The van der Waals surface area contributed by atoms with E-state index in [1.54, 1.807) is 6.92 Å². The second-order valence-electron chi connectivity index (χ2n) is 5.27. The Labute approximate surface area is 128 Å². The number of aromatic nitrogens is 4. The molecule has 3 aromatic rings. The number of aromatic amines is 1. The number of ether oxygens (including phenoxy) is 1. The van der Waals surface area contributed by atoms with Crippen LogP contribution < -0.4 is 10.1 Å². The maximum Gasteiger partial charge on any atom is 0.278 e. The number of imidazole rings is 1. The van der Waals surface area contributed by atoms with Crippen molar-refractivity contribution in [2.75, 3.05) is 13.2 Å². The zero-order valence-corrected chi connectivity index (χ0v) is 12.9. The van der Waals surface area contributed by atoms with E-state index in [1.165, 1.54) is 11.1 Å². The Balaban J connectivity index is 1.52. The van der Waals surface area contributed by atoms with Crippen LogP contribution in [-0.4, -0.2) is 33.4 Å². The Morgan fingerprint density at radius 2 is 2.09 bits per heavy atom. The third kappa shape index (κ3) is 2.94. The van der Waals surface area contributed by atoms with Gasteiger partial charge in [0.15, 0.2) is 0 Å². The van der Waals surface area contributed by atoms with Crippen molar-refractivity contribution in [1.82, 2.24) is 25.6 Å². The van der Waals surface area contributed by atoms with Gasteiger partial charge in [0.05, 0.1) is 17.6 Å². The zero-order valence-electron chi connectivity index (χ0n) is 12.9. The zero-order chi connectivity index (χ0) is 15.5. The number of fused-ring (bicyclic) bond motifs is 1. The molecule has 0 saturated heterocycles. The lowest BCUT2D eigenvalue weighted by Gasteiger charge is -2.03. The van der Waals surface area contributed by atoms with E-state index in [2.05, 4.69) is 56.2 Å². The highest BCUT2D eigenvalue weighted by atomic mass is 16.6. The van der Waals surface area contributed by atoms with Gasteiger partial charge in [-0.3, -0.25) is 0 Å². The molecule has 7 nitrogen and oxygen atoms in total. The average molecular weight is 301 g/mol. The Bertz CT molecular complexity index is 777. The standard InChI is InChI=1S/C15H19N5O2/c1-9-4-5-12-14(10(9)2)18-13(17-12)8-16-6-7-21-15-11(3)19-22-20-15/h4-5,16H,6-8H2,1-3H3,(H,17,18). The molecule has 7 heteroatoms. The number of rotatable bonds is 6. The number of benzene rings is 1. The molecule has 0 saturated carbocycles. The van der Waals surface area contributed by atoms with Gasteiger partial charge in [0.2, 0.25) is 0 Å². The molecule has 116 valence electrons. The first-order chi connectivity index (χ1) is 10.6. The van der Waals surface area contributed by atoms with E-state index in [-0.39, 0.29) is 0 Å². The van der Waals surface area contributed by atoms with Crippen LogP contribution in [0, 0.1) is 20.8 Å². The van der Waals surface area contributed by atoms with Crippen molar-refractivity contribution in [3.05, 3.63) is 34.8 Å². The smallest absolute Gasteiger partial charge is 0.278 e. The summed E-state index contributed by atoms with van der Waals surface area (Å²) in [7, 11) is 0. The van der Waals surface area contributed by atoms with Crippen molar-refractivity contribution in [2.24, 2.45) is 0 Å². The predicted molar refractivity (Wildman–Crippen MR) is 81.8 cm³/mol. The molecule has 3 rings (SSSR count). The van der Waals surface area contributed by atoms with E-state index in [1.807, 2.05) is 0 Å². The molecule has 0 aliphatic rings. The molecule has 0 unspecified atom stereocenters. The summed E-state index contributed by atoms with van der Waals surface area (Å²) in [5, 5.41) is 10.6. The molecule has 2 aromatic heterocycles. The Hall–Kier alpha value is -2.41. The van der Waals surface area contributed by atoms with E-state index in [9.17, 15) is 0 Å². The SMILES string of the molecule is Cc1ccc2[nH]c(CNCCOc3nonc3C)nc2c1C. The van der Waals surface area contributed by atoms with E-state index >= 15 is 0 Å². The van der Waals surface area contributed by atoms with Gasteiger partial charge in [-0.15, -0.1) is 0 Å². The fourth-order valence-electron chi connectivity index (χ4n) is 2.23. The highest BCUT2D eigenvalue weighted by molar-refractivity contribution is 5.79. The summed E-state index contributed by atoms with van der Waals surface area (Å²) in [5.41, 5.74) is 5.24. The van der Waals surface area contributed by atoms with Gasteiger partial charge in [0, 0.05) is 6.54 Å². The van der Waals surface area contributed by atoms with Crippen LogP contribution in [0.5, 0.6) is 5.88 Å². The fourth-order valence-corrected chi connectivity index (χ4v) is 2.23. The van der Waals surface area contributed by atoms with Crippen molar-refractivity contribution < 1.29 is 9.37 Å².